The van der Waals surface area contributed by atoms with Gasteiger partial charge in [-0.1, -0.05) is 27.7 Å². The second-order valence-corrected chi connectivity index (χ2v) is 6.31. The van der Waals surface area contributed by atoms with Crippen LogP contribution >= 0.6 is 0 Å². The first-order valence-electron chi connectivity index (χ1n) is 5.64. The topological polar surface area (TPSA) is 36.9 Å². The summed E-state index contributed by atoms with van der Waals surface area (Å²) >= 11 is 0. The van der Waals surface area contributed by atoms with E-state index in [4.69, 9.17) is 18.0 Å². The SMILES string of the molecule is CC(C)COCC(C)C.CO[SiH](OC)OC. The first-order valence-corrected chi connectivity index (χ1v) is 7.05. The minimum atomic E-state index is -1.67. The Kier molecular flexibility index (Phi) is 15.1. The number of hydrogen-bond donors (Lipinski definition) is 0. The summed E-state index contributed by atoms with van der Waals surface area (Å²) in [5, 5.41) is 0. The second-order valence-electron chi connectivity index (χ2n) is 4.32. The number of ether oxygens (including phenoxy) is 1. The van der Waals surface area contributed by atoms with Gasteiger partial charge < -0.3 is 18.0 Å². The van der Waals surface area contributed by atoms with E-state index >= 15 is 0 Å². The Balaban J connectivity index is 0. The number of hydrogen-bond acceptors (Lipinski definition) is 4. The van der Waals surface area contributed by atoms with E-state index in [0.29, 0.717) is 11.8 Å². The Bertz CT molecular complexity index is 114. The van der Waals surface area contributed by atoms with Gasteiger partial charge in [-0.05, 0) is 11.8 Å². The standard InChI is InChI=1S/C8H18O.C3H10O3Si/c1-7(2)5-9-6-8(3)4;1-4-7(5-2)6-3/h7-8H,5-6H2,1-4H3;7H,1-3H3. The quantitative estimate of drug-likeness (QED) is 0.649. The Morgan fingerprint density at radius 1 is 0.750 bits per heavy atom. The summed E-state index contributed by atoms with van der Waals surface area (Å²) in [6.45, 7) is 10.5. The highest BCUT2D eigenvalue weighted by Gasteiger charge is 2.04. The summed E-state index contributed by atoms with van der Waals surface area (Å²) in [6, 6.07) is 0. The Labute approximate surface area is 102 Å². The van der Waals surface area contributed by atoms with Crippen molar-refractivity contribution < 1.29 is 18.0 Å². The van der Waals surface area contributed by atoms with E-state index < -0.39 is 9.53 Å². The van der Waals surface area contributed by atoms with Gasteiger partial charge in [0, 0.05) is 34.5 Å². The molecule has 0 aromatic rings. The Morgan fingerprint density at radius 2 is 1.06 bits per heavy atom. The van der Waals surface area contributed by atoms with Crippen LogP contribution in [-0.2, 0) is 18.0 Å². The summed E-state index contributed by atoms with van der Waals surface area (Å²) in [5.74, 6) is 1.34. The summed E-state index contributed by atoms with van der Waals surface area (Å²) in [4.78, 5) is 0. The molecule has 0 fully saturated rings. The largest absolute Gasteiger partial charge is 0.483 e. The third-order valence-electron chi connectivity index (χ3n) is 1.48. The van der Waals surface area contributed by atoms with Gasteiger partial charge in [0.25, 0.3) is 0 Å². The maximum absolute atomic E-state index is 5.36. The summed E-state index contributed by atoms with van der Waals surface area (Å²) < 4.78 is 19.6. The van der Waals surface area contributed by atoms with Gasteiger partial charge in [0.05, 0.1) is 0 Å². The van der Waals surface area contributed by atoms with Crippen LogP contribution in [0.3, 0.4) is 0 Å². The van der Waals surface area contributed by atoms with Crippen LogP contribution in [0.2, 0.25) is 0 Å². The molecule has 0 radical (unpaired) electrons. The molecule has 0 aromatic heterocycles. The van der Waals surface area contributed by atoms with E-state index in [0.717, 1.165) is 13.2 Å². The van der Waals surface area contributed by atoms with Gasteiger partial charge in [0.15, 0.2) is 0 Å². The summed E-state index contributed by atoms with van der Waals surface area (Å²) in [5.41, 5.74) is 0. The van der Waals surface area contributed by atoms with E-state index in [9.17, 15) is 0 Å². The fraction of sp³-hybridized carbons (Fsp3) is 1.00. The molecule has 0 aliphatic heterocycles. The van der Waals surface area contributed by atoms with Gasteiger partial charge in [0.1, 0.15) is 0 Å². The monoisotopic (exact) mass is 252 g/mol. The zero-order valence-electron chi connectivity index (χ0n) is 11.8. The van der Waals surface area contributed by atoms with E-state index in [1.807, 2.05) is 0 Å². The molecule has 100 valence electrons. The van der Waals surface area contributed by atoms with Crippen LogP contribution in [0.25, 0.3) is 0 Å². The van der Waals surface area contributed by atoms with E-state index in [-0.39, 0.29) is 0 Å². The van der Waals surface area contributed by atoms with Crippen LogP contribution in [0.1, 0.15) is 27.7 Å². The average Bonchev–Trinajstić information content (AvgIpc) is 2.20. The third kappa shape index (κ3) is 16.5. The maximum atomic E-state index is 5.36. The highest BCUT2D eigenvalue weighted by Crippen LogP contribution is 1.96. The molecule has 4 nitrogen and oxygen atoms in total. The molecule has 0 rings (SSSR count). The van der Waals surface area contributed by atoms with Crippen molar-refractivity contribution >= 4 is 9.53 Å². The van der Waals surface area contributed by atoms with Gasteiger partial charge in [0.2, 0.25) is 0 Å². The molecule has 0 saturated carbocycles. The van der Waals surface area contributed by atoms with Crippen molar-refractivity contribution in [2.45, 2.75) is 27.7 Å². The molecule has 0 saturated heterocycles. The molecule has 0 amide bonds. The Hall–Kier alpha value is 0.0569. The molecule has 0 aliphatic carbocycles. The predicted molar refractivity (Wildman–Crippen MR) is 68.7 cm³/mol. The molecule has 0 atom stereocenters. The average molecular weight is 252 g/mol. The van der Waals surface area contributed by atoms with Crippen molar-refractivity contribution in [2.24, 2.45) is 11.8 Å². The van der Waals surface area contributed by atoms with Crippen LogP contribution in [0.15, 0.2) is 0 Å². The molecule has 0 spiro atoms. The van der Waals surface area contributed by atoms with Gasteiger partial charge in [-0.25, -0.2) is 0 Å². The molecule has 16 heavy (non-hydrogen) atoms. The number of rotatable bonds is 7. The lowest BCUT2D eigenvalue weighted by Crippen LogP contribution is -2.21. The van der Waals surface area contributed by atoms with Crippen molar-refractivity contribution in [3.8, 4) is 0 Å². The van der Waals surface area contributed by atoms with E-state index in [1.165, 1.54) is 0 Å². The molecule has 5 heteroatoms. The molecular formula is C11H28O4Si. The zero-order chi connectivity index (χ0) is 13.0. The van der Waals surface area contributed by atoms with Crippen molar-refractivity contribution in [3.05, 3.63) is 0 Å². The molecule has 0 bridgehead atoms. The van der Waals surface area contributed by atoms with Crippen molar-refractivity contribution in [1.82, 2.24) is 0 Å². The fourth-order valence-corrected chi connectivity index (χ4v) is 1.41. The molecule has 0 aliphatic rings. The van der Waals surface area contributed by atoms with Crippen LogP contribution in [0, 0.1) is 11.8 Å². The first-order chi connectivity index (χ1) is 7.47. The van der Waals surface area contributed by atoms with Gasteiger partial charge in [-0.3, -0.25) is 0 Å². The van der Waals surface area contributed by atoms with Crippen molar-refractivity contribution in [3.63, 3.8) is 0 Å². The highest BCUT2D eigenvalue weighted by molar-refractivity contribution is 6.36. The smallest absolute Gasteiger partial charge is 0.381 e. The maximum Gasteiger partial charge on any atom is 0.483 e. The van der Waals surface area contributed by atoms with Gasteiger partial charge >= 0.3 is 9.53 Å². The Morgan fingerprint density at radius 3 is 1.19 bits per heavy atom. The van der Waals surface area contributed by atoms with E-state index in [2.05, 4.69) is 27.7 Å². The lowest BCUT2D eigenvalue weighted by Gasteiger charge is -2.07. The third-order valence-corrected chi connectivity index (χ3v) is 2.63. The minimum absolute atomic E-state index is 0.670. The molecule has 0 N–H and O–H groups in total. The van der Waals surface area contributed by atoms with Gasteiger partial charge in [-0.2, -0.15) is 0 Å². The predicted octanol–water partition coefficient (Wildman–Crippen LogP) is 1.96. The first kappa shape index (κ1) is 18.4. The van der Waals surface area contributed by atoms with Crippen LogP contribution < -0.4 is 0 Å². The highest BCUT2D eigenvalue weighted by atomic mass is 28.3. The lowest BCUT2D eigenvalue weighted by molar-refractivity contribution is 0.0886. The van der Waals surface area contributed by atoms with Crippen LogP contribution in [0.5, 0.6) is 0 Å². The summed E-state index contributed by atoms with van der Waals surface area (Å²) in [6.07, 6.45) is 0. The van der Waals surface area contributed by atoms with Gasteiger partial charge in [-0.15, -0.1) is 0 Å². The normalized spacial score (nSPS) is 10.9. The fourth-order valence-electron chi connectivity index (χ4n) is 0.828. The molecule has 0 aromatic carbocycles. The second kappa shape index (κ2) is 13.1. The van der Waals surface area contributed by atoms with Crippen LogP contribution in [0.4, 0.5) is 0 Å². The summed E-state index contributed by atoms with van der Waals surface area (Å²) in [7, 11) is 3.05. The van der Waals surface area contributed by atoms with Crippen molar-refractivity contribution in [1.29, 1.82) is 0 Å². The molecule has 0 heterocycles. The molecule has 0 unspecified atom stereocenters. The van der Waals surface area contributed by atoms with E-state index in [1.54, 1.807) is 21.3 Å². The van der Waals surface area contributed by atoms with Crippen molar-refractivity contribution in [2.75, 3.05) is 34.5 Å². The molecular weight excluding hydrogens is 224 g/mol. The van der Waals surface area contributed by atoms with Crippen LogP contribution in [-0.4, -0.2) is 44.1 Å². The lowest BCUT2D eigenvalue weighted by atomic mass is 10.2. The zero-order valence-corrected chi connectivity index (χ0v) is 12.9. The minimum Gasteiger partial charge on any atom is -0.381 e.